The van der Waals surface area contributed by atoms with Gasteiger partial charge >= 0.3 is 0 Å². The van der Waals surface area contributed by atoms with Crippen molar-refractivity contribution in [1.29, 1.82) is 0 Å². The summed E-state index contributed by atoms with van der Waals surface area (Å²) in [6, 6.07) is 5.77. The van der Waals surface area contributed by atoms with Crippen molar-refractivity contribution >= 4 is 6.08 Å². The van der Waals surface area contributed by atoms with Crippen molar-refractivity contribution in [3.8, 4) is 11.5 Å². The Labute approximate surface area is 108 Å². The van der Waals surface area contributed by atoms with Crippen molar-refractivity contribution < 1.29 is 14.6 Å². The Morgan fingerprint density at radius 3 is 2.78 bits per heavy atom. The lowest BCUT2D eigenvalue weighted by Crippen LogP contribution is -2.03. The summed E-state index contributed by atoms with van der Waals surface area (Å²) in [5.74, 6) is 2.18. The lowest BCUT2D eigenvalue weighted by Gasteiger charge is -2.07. The molecule has 0 saturated carbocycles. The van der Waals surface area contributed by atoms with Gasteiger partial charge in [0.25, 0.3) is 0 Å². The van der Waals surface area contributed by atoms with E-state index in [0.29, 0.717) is 12.7 Å². The molecule has 1 atom stereocenters. The fourth-order valence-electron chi connectivity index (χ4n) is 1.84. The van der Waals surface area contributed by atoms with E-state index in [4.69, 9.17) is 9.47 Å². The first kappa shape index (κ1) is 13.0. The third-order valence-electron chi connectivity index (χ3n) is 2.95. The maximum absolute atomic E-state index is 9.81. The predicted molar refractivity (Wildman–Crippen MR) is 71.7 cm³/mol. The van der Waals surface area contributed by atoms with Gasteiger partial charge in [-0.2, -0.15) is 0 Å². The lowest BCUT2D eigenvalue weighted by molar-refractivity contribution is 0.174. The zero-order valence-corrected chi connectivity index (χ0v) is 10.9. The molecule has 3 nitrogen and oxygen atoms in total. The highest BCUT2D eigenvalue weighted by molar-refractivity contribution is 5.56. The third kappa shape index (κ3) is 3.50. The molecule has 0 radical (unpaired) electrons. The van der Waals surface area contributed by atoms with Crippen LogP contribution in [-0.2, 0) is 0 Å². The number of fused-ring (bicyclic) bond motifs is 1. The van der Waals surface area contributed by atoms with Crippen LogP contribution >= 0.6 is 0 Å². The van der Waals surface area contributed by atoms with Gasteiger partial charge in [0, 0.05) is 0 Å². The molecular weight excluding hydrogens is 228 g/mol. The van der Waals surface area contributed by atoms with Gasteiger partial charge in [-0.1, -0.05) is 32.1 Å². The largest absolute Gasteiger partial charge is 0.454 e. The molecule has 1 aliphatic heterocycles. The van der Waals surface area contributed by atoms with Gasteiger partial charge in [-0.15, -0.1) is 0 Å². The van der Waals surface area contributed by atoms with Gasteiger partial charge in [-0.25, -0.2) is 0 Å². The SMILES string of the molecule is CC(C)CCC(O)C=Cc1ccc2c(c1)OCO2. The number of aliphatic hydroxyl groups excluding tert-OH is 1. The molecular formula is C15H20O3. The van der Waals surface area contributed by atoms with Gasteiger partial charge in [0.05, 0.1) is 6.10 Å². The molecule has 0 amide bonds. The summed E-state index contributed by atoms with van der Waals surface area (Å²) in [4.78, 5) is 0. The van der Waals surface area contributed by atoms with Gasteiger partial charge < -0.3 is 14.6 Å². The Morgan fingerprint density at radius 2 is 2.00 bits per heavy atom. The van der Waals surface area contributed by atoms with Crippen molar-refractivity contribution in [2.75, 3.05) is 6.79 Å². The Bertz CT molecular complexity index is 424. The molecule has 0 aromatic heterocycles. The van der Waals surface area contributed by atoms with Crippen LogP contribution in [0.3, 0.4) is 0 Å². The maximum atomic E-state index is 9.81. The van der Waals surface area contributed by atoms with Crippen LogP contribution in [0.2, 0.25) is 0 Å². The Balaban J connectivity index is 1.92. The van der Waals surface area contributed by atoms with E-state index >= 15 is 0 Å². The Hall–Kier alpha value is -1.48. The molecule has 1 heterocycles. The van der Waals surface area contributed by atoms with E-state index in [1.165, 1.54) is 0 Å². The van der Waals surface area contributed by atoms with E-state index in [1.54, 1.807) is 0 Å². The highest BCUT2D eigenvalue weighted by Crippen LogP contribution is 2.32. The molecule has 0 fully saturated rings. The van der Waals surface area contributed by atoms with Crippen LogP contribution in [0.5, 0.6) is 11.5 Å². The van der Waals surface area contributed by atoms with Gasteiger partial charge in [0.2, 0.25) is 6.79 Å². The van der Waals surface area contributed by atoms with Crippen LogP contribution in [0.1, 0.15) is 32.3 Å². The standard InChI is InChI=1S/C15H20O3/c1-11(2)3-6-13(16)7-4-12-5-8-14-15(9-12)18-10-17-14/h4-5,7-9,11,13,16H,3,6,10H2,1-2H3. The molecule has 0 saturated heterocycles. The summed E-state index contributed by atoms with van der Waals surface area (Å²) in [6.07, 6.45) is 5.22. The molecule has 18 heavy (non-hydrogen) atoms. The monoisotopic (exact) mass is 248 g/mol. The first-order chi connectivity index (χ1) is 8.65. The summed E-state index contributed by atoms with van der Waals surface area (Å²) >= 11 is 0. The maximum Gasteiger partial charge on any atom is 0.231 e. The van der Waals surface area contributed by atoms with E-state index in [0.717, 1.165) is 29.9 Å². The molecule has 98 valence electrons. The van der Waals surface area contributed by atoms with Crippen LogP contribution in [0.4, 0.5) is 0 Å². The Morgan fingerprint density at radius 1 is 1.22 bits per heavy atom. The molecule has 0 spiro atoms. The highest BCUT2D eigenvalue weighted by Gasteiger charge is 2.12. The third-order valence-corrected chi connectivity index (χ3v) is 2.95. The summed E-state index contributed by atoms with van der Waals surface area (Å²) in [6.45, 7) is 4.61. The number of rotatable bonds is 5. The number of hydrogen-bond donors (Lipinski definition) is 1. The van der Waals surface area contributed by atoms with Crippen LogP contribution in [0.15, 0.2) is 24.3 Å². The first-order valence-electron chi connectivity index (χ1n) is 6.41. The quantitative estimate of drug-likeness (QED) is 0.869. The second-order valence-corrected chi connectivity index (χ2v) is 5.01. The predicted octanol–water partition coefficient (Wildman–Crippen LogP) is 3.23. The average Bonchev–Trinajstić information content (AvgIpc) is 2.81. The zero-order chi connectivity index (χ0) is 13.0. The molecule has 0 aliphatic carbocycles. The fraction of sp³-hybridized carbons (Fsp3) is 0.467. The van der Waals surface area contributed by atoms with E-state index in [9.17, 15) is 5.11 Å². The first-order valence-corrected chi connectivity index (χ1v) is 6.41. The molecule has 1 aliphatic rings. The molecule has 2 rings (SSSR count). The van der Waals surface area contributed by atoms with Gasteiger partial charge in [0.1, 0.15) is 0 Å². The van der Waals surface area contributed by atoms with Crippen molar-refractivity contribution in [2.45, 2.75) is 32.8 Å². The summed E-state index contributed by atoms with van der Waals surface area (Å²) in [5, 5.41) is 9.81. The molecule has 3 heteroatoms. The van der Waals surface area contributed by atoms with Crippen LogP contribution in [0, 0.1) is 5.92 Å². The zero-order valence-electron chi connectivity index (χ0n) is 10.9. The minimum Gasteiger partial charge on any atom is -0.454 e. The van der Waals surface area contributed by atoms with Gasteiger partial charge in [-0.3, -0.25) is 0 Å². The van der Waals surface area contributed by atoms with Crippen molar-refractivity contribution in [2.24, 2.45) is 5.92 Å². The van der Waals surface area contributed by atoms with E-state index in [-0.39, 0.29) is 6.10 Å². The van der Waals surface area contributed by atoms with Gasteiger partial charge in [0.15, 0.2) is 11.5 Å². The normalized spacial score (nSPS) is 15.6. The van der Waals surface area contributed by atoms with Crippen molar-refractivity contribution in [3.05, 3.63) is 29.8 Å². The van der Waals surface area contributed by atoms with E-state index in [1.807, 2.05) is 30.4 Å². The summed E-state index contributed by atoms with van der Waals surface area (Å²) < 4.78 is 10.6. The minimum atomic E-state index is -0.377. The lowest BCUT2D eigenvalue weighted by atomic mass is 10.0. The molecule has 0 bridgehead atoms. The van der Waals surface area contributed by atoms with Gasteiger partial charge in [-0.05, 0) is 36.5 Å². The van der Waals surface area contributed by atoms with Crippen molar-refractivity contribution in [3.63, 3.8) is 0 Å². The molecule has 1 aromatic carbocycles. The molecule has 1 aromatic rings. The average molecular weight is 248 g/mol. The second kappa shape index (κ2) is 5.91. The topological polar surface area (TPSA) is 38.7 Å². The number of benzene rings is 1. The number of hydrogen-bond acceptors (Lipinski definition) is 3. The van der Waals surface area contributed by atoms with Crippen LogP contribution in [0.25, 0.3) is 6.08 Å². The van der Waals surface area contributed by atoms with Crippen molar-refractivity contribution in [1.82, 2.24) is 0 Å². The molecule has 1 N–H and O–H groups in total. The number of aliphatic hydroxyl groups is 1. The number of ether oxygens (including phenoxy) is 2. The van der Waals surface area contributed by atoms with E-state index in [2.05, 4.69) is 13.8 Å². The second-order valence-electron chi connectivity index (χ2n) is 5.01. The Kier molecular flexibility index (Phi) is 4.26. The van der Waals surface area contributed by atoms with Crippen LogP contribution in [-0.4, -0.2) is 18.0 Å². The fourth-order valence-corrected chi connectivity index (χ4v) is 1.84. The summed E-state index contributed by atoms with van der Waals surface area (Å²) in [7, 11) is 0. The highest BCUT2D eigenvalue weighted by atomic mass is 16.7. The minimum absolute atomic E-state index is 0.291. The smallest absolute Gasteiger partial charge is 0.231 e. The summed E-state index contributed by atoms with van der Waals surface area (Å²) in [5.41, 5.74) is 1.02. The van der Waals surface area contributed by atoms with Crippen LogP contribution < -0.4 is 9.47 Å². The van der Waals surface area contributed by atoms with E-state index < -0.39 is 0 Å². The molecule has 1 unspecified atom stereocenters.